The molecule has 1 aliphatic heterocycles. The minimum Gasteiger partial charge on any atom is -0.496 e. The smallest absolute Gasteiger partial charge is 0.433 e. The number of methoxy groups -OCH3 is 1. The third-order valence-corrected chi connectivity index (χ3v) is 5.72. The summed E-state index contributed by atoms with van der Waals surface area (Å²) in [7, 11) is 1.40. The van der Waals surface area contributed by atoms with E-state index in [-0.39, 0.29) is 23.6 Å². The van der Waals surface area contributed by atoms with Gasteiger partial charge in [0, 0.05) is 46.6 Å². The molecule has 2 aromatic heterocycles. The highest BCUT2D eigenvalue weighted by Crippen LogP contribution is 2.39. The van der Waals surface area contributed by atoms with Gasteiger partial charge in [-0.05, 0) is 37.3 Å². The molecule has 0 radical (unpaired) electrons. The molecule has 0 bridgehead atoms. The number of benzene rings is 1. The van der Waals surface area contributed by atoms with Crippen LogP contribution >= 0.6 is 0 Å². The van der Waals surface area contributed by atoms with E-state index in [0.717, 1.165) is 6.07 Å². The Morgan fingerprint density at radius 3 is 2.54 bits per heavy atom. The Morgan fingerprint density at radius 2 is 1.91 bits per heavy atom. The van der Waals surface area contributed by atoms with Gasteiger partial charge in [-0.15, -0.1) is 0 Å². The van der Waals surface area contributed by atoms with Crippen molar-refractivity contribution in [3.63, 3.8) is 0 Å². The largest absolute Gasteiger partial charge is 0.496 e. The normalized spacial score (nSPS) is 14.8. The van der Waals surface area contributed by atoms with Gasteiger partial charge in [0.05, 0.1) is 32.2 Å². The van der Waals surface area contributed by atoms with Crippen molar-refractivity contribution in [2.45, 2.75) is 20.0 Å². The number of hydrogen-bond acceptors (Lipinski definition) is 5. The molecule has 6 nitrogen and oxygen atoms in total. The van der Waals surface area contributed by atoms with Crippen LogP contribution in [0.25, 0.3) is 11.1 Å². The lowest BCUT2D eigenvalue weighted by atomic mass is 9.87. The van der Waals surface area contributed by atoms with Crippen molar-refractivity contribution < 1.29 is 31.8 Å². The van der Waals surface area contributed by atoms with Crippen molar-refractivity contribution in [1.82, 2.24) is 9.97 Å². The monoisotopic (exact) mass is 489 g/mol. The maximum Gasteiger partial charge on any atom is 0.433 e. The van der Waals surface area contributed by atoms with E-state index in [0.29, 0.717) is 30.0 Å². The first-order chi connectivity index (χ1) is 16.5. The maximum absolute atomic E-state index is 13.8. The van der Waals surface area contributed by atoms with E-state index >= 15 is 0 Å². The second-order valence-corrected chi connectivity index (χ2v) is 8.81. The highest BCUT2D eigenvalue weighted by atomic mass is 19.4. The van der Waals surface area contributed by atoms with Gasteiger partial charge >= 0.3 is 6.18 Å². The minimum absolute atomic E-state index is 0.0629. The zero-order chi connectivity index (χ0) is 25.4. The number of pyridine rings is 2. The van der Waals surface area contributed by atoms with Crippen molar-refractivity contribution >= 4 is 11.6 Å². The van der Waals surface area contributed by atoms with Crippen molar-refractivity contribution in [1.29, 1.82) is 0 Å². The third kappa shape index (κ3) is 5.12. The fourth-order valence-corrected chi connectivity index (χ4v) is 4.00. The molecule has 1 fully saturated rings. The zero-order valence-electron chi connectivity index (χ0n) is 19.3. The molecule has 0 spiro atoms. The quantitative estimate of drug-likeness (QED) is 0.440. The summed E-state index contributed by atoms with van der Waals surface area (Å²) < 4.78 is 64.8. The molecular formula is C25H23F4N3O3. The third-order valence-electron chi connectivity index (χ3n) is 5.72. The van der Waals surface area contributed by atoms with Crippen molar-refractivity contribution in [2.75, 3.05) is 31.8 Å². The van der Waals surface area contributed by atoms with Crippen LogP contribution in [0.5, 0.6) is 5.75 Å². The Kier molecular flexibility index (Phi) is 6.50. The minimum atomic E-state index is -4.71. The number of ether oxygens (including phenoxy) is 2. The summed E-state index contributed by atoms with van der Waals surface area (Å²) in [5, 5.41) is 0. The van der Waals surface area contributed by atoms with E-state index in [1.807, 2.05) is 6.92 Å². The summed E-state index contributed by atoms with van der Waals surface area (Å²) >= 11 is 0. The predicted octanol–water partition coefficient (Wildman–Crippen LogP) is 5.30. The van der Waals surface area contributed by atoms with Crippen molar-refractivity contribution in [3.05, 3.63) is 71.6 Å². The molecule has 3 aromatic rings. The highest BCUT2D eigenvalue weighted by Gasteiger charge is 2.39. The summed E-state index contributed by atoms with van der Waals surface area (Å²) in [6.07, 6.45) is -1.74. The number of aromatic nitrogens is 2. The lowest BCUT2D eigenvalue weighted by molar-refractivity contribution is -0.141. The zero-order valence-corrected chi connectivity index (χ0v) is 19.3. The number of aryl methyl sites for hydroxylation is 1. The second kappa shape index (κ2) is 9.26. The van der Waals surface area contributed by atoms with Crippen LogP contribution in [0.3, 0.4) is 0 Å². The van der Waals surface area contributed by atoms with Crippen LogP contribution in [0.4, 0.5) is 23.2 Å². The fraction of sp³-hybridized carbons (Fsp3) is 0.320. The molecule has 10 heteroatoms. The Labute approximate surface area is 199 Å². The van der Waals surface area contributed by atoms with Gasteiger partial charge in [0.2, 0.25) is 0 Å². The number of halogens is 4. The van der Waals surface area contributed by atoms with E-state index in [4.69, 9.17) is 9.47 Å². The molecule has 0 unspecified atom stereocenters. The van der Waals surface area contributed by atoms with Crippen LogP contribution in [0.1, 0.15) is 28.7 Å². The van der Waals surface area contributed by atoms with Crippen LogP contribution in [0.15, 0.2) is 48.8 Å². The first kappa shape index (κ1) is 24.6. The number of alkyl halides is 3. The average Bonchev–Trinajstić information content (AvgIpc) is 2.80. The average molecular weight is 489 g/mol. The van der Waals surface area contributed by atoms with Crippen LogP contribution in [-0.4, -0.2) is 42.7 Å². The van der Waals surface area contributed by atoms with Crippen LogP contribution < -0.4 is 9.64 Å². The Morgan fingerprint density at radius 1 is 1.17 bits per heavy atom. The van der Waals surface area contributed by atoms with Gasteiger partial charge in [0.1, 0.15) is 17.3 Å². The summed E-state index contributed by atoms with van der Waals surface area (Å²) in [5.41, 5.74) is -0.298. The highest BCUT2D eigenvalue weighted by molar-refractivity contribution is 6.08. The second-order valence-electron chi connectivity index (χ2n) is 8.81. The number of anilines is 1. The van der Waals surface area contributed by atoms with E-state index in [1.54, 1.807) is 6.07 Å². The SMILES string of the molecule is COc1cc(F)ccc1-c1ccncc1N(CC1(C)COC1)C(=O)c1cc(C)nc(C(F)(F)F)c1. The lowest BCUT2D eigenvalue weighted by Crippen LogP contribution is -2.50. The van der Waals surface area contributed by atoms with Crippen LogP contribution in [0.2, 0.25) is 0 Å². The first-order valence-electron chi connectivity index (χ1n) is 10.7. The van der Waals surface area contributed by atoms with Gasteiger partial charge in [-0.3, -0.25) is 9.78 Å². The molecule has 1 saturated heterocycles. The van der Waals surface area contributed by atoms with E-state index < -0.39 is 29.0 Å². The molecule has 35 heavy (non-hydrogen) atoms. The molecule has 0 aliphatic carbocycles. The first-order valence-corrected chi connectivity index (χ1v) is 10.7. The topological polar surface area (TPSA) is 64.6 Å². The Balaban J connectivity index is 1.86. The fourth-order valence-electron chi connectivity index (χ4n) is 4.00. The van der Waals surface area contributed by atoms with Gasteiger partial charge in [-0.2, -0.15) is 13.2 Å². The number of rotatable bonds is 6. The van der Waals surface area contributed by atoms with Crippen LogP contribution in [0, 0.1) is 18.2 Å². The Bertz CT molecular complexity index is 1260. The number of nitrogens with zero attached hydrogens (tertiary/aromatic N) is 3. The summed E-state index contributed by atoms with van der Waals surface area (Å²) in [5.74, 6) is -0.910. The summed E-state index contributed by atoms with van der Waals surface area (Å²) in [4.78, 5) is 22.8. The molecule has 1 amide bonds. The molecule has 1 aliphatic rings. The van der Waals surface area contributed by atoms with E-state index in [1.165, 1.54) is 55.6 Å². The molecule has 4 rings (SSSR count). The number of carbonyl (C=O) groups excluding carboxylic acids is 1. The maximum atomic E-state index is 13.8. The molecule has 3 heterocycles. The molecule has 0 N–H and O–H groups in total. The lowest BCUT2D eigenvalue weighted by Gasteiger charge is -2.42. The van der Waals surface area contributed by atoms with Gasteiger partial charge in [0.15, 0.2) is 0 Å². The summed E-state index contributed by atoms with van der Waals surface area (Å²) in [6, 6.07) is 7.70. The molecule has 0 saturated carbocycles. The Hall–Kier alpha value is -3.53. The number of hydrogen-bond donors (Lipinski definition) is 0. The molecule has 0 atom stereocenters. The van der Waals surface area contributed by atoms with Gasteiger partial charge in [0.25, 0.3) is 5.91 Å². The molecule has 184 valence electrons. The van der Waals surface area contributed by atoms with Crippen LogP contribution in [-0.2, 0) is 10.9 Å². The summed E-state index contributed by atoms with van der Waals surface area (Å²) in [6.45, 7) is 4.25. The van der Waals surface area contributed by atoms with E-state index in [9.17, 15) is 22.4 Å². The standard InChI is InChI=1S/C25H23F4N3O3/c1-15-8-16(9-22(31-15)25(27,28)29)23(33)32(12-24(2)13-35-14-24)20-11-30-7-6-18(20)19-5-4-17(26)10-21(19)34-3/h4-11H,12-14H2,1-3H3. The van der Waals surface area contributed by atoms with Gasteiger partial charge in [-0.1, -0.05) is 6.92 Å². The number of carbonyl (C=O) groups is 1. The van der Waals surface area contributed by atoms with Crippen molar-refractivity contribution in [3.8, 4) is 16.9 Å². The molecular weight excluding hydrogens is 466 g/mol. The van der Waals surface area contributed by atoms with Crippen molar-refractivity contribution in [2.24, 2.45) is 5.41 Å². The number of amides is 1. The van der Waals surface area contributed by atoms with Gasteiger partial charge in [-0.25, -0.2) is 9.37 Å². The van der Waals surface area contributed by atoms with E-state index in [2.05, 4.69) is 9.97 Å². The predicted molar refractivity (Wildman–Crippen MR) is 121 cm³/mol. The van der Waals surface area contributed by atoms with Gasteiger partial charge < -0.3 is 14.4 Å². The molecule has 1 aromatic carbocycles.